The maximum Gasteiger partial charge on any atom is 0.408 e. The Kier molecular flexibility index (Phi) is 7.54. The number of carbonyl (C=O) groups is 2. The fourth-order valence-electron chi connectivity index (χ4n) is 1.67. The Balaban J connectivity index is 4.74. The zero-order valence-corrected chi connectivity index (χ0v) is 17.1. The highest BCUT2D eigenvalue weighted by Crippen LogP contribution is 2.39. The minimum absolute atomic E-state index is 0.0794. The van der Waals surface area contributed by atoms with E-state index in [4.69, 9.17) is 9.47 Å². The number of esters is 1. The summed E-state index contributed by atoms with van der Waals surface area (Å²) in [4.78, 5) is 23.7. The molecular weight excluding hydrogens is 310 g/mol. The highest BCUT2D eigenvalue weighted by Gasteiger charge is 2.43. The Morgan fingerprint density at radius 1 is 1.13 bits per heavy atom. The van der Waals surface area contributed by atoms with E-state index >= 15 is 0 Å². The van der Waals surface area contributed by atoms with Crippen LogP contribution in [0, 0.1) is 0 Å². The number of amides is 1. The standard InChI is InChI=1S/C17H33NO4Si/c1-10-11-14(23(8,9)17(5,6)7)21-13(19)12-18-15(20)22-16(2,3)4/h10-11,14H,12H2,1-9H3,(H,18,20). The second-order valence-corrected chi connectivity index (χ2v) is 13.8. The minimum Gasteiger partial charge on any atom is -0.461 e. The molecule has 0 aliphatic heterocycles. The average Bonchev–Trinajstić information content (AvgIpc) is 2.32. The van der Waals surface area contributed by atoms with Crippen molar-refractivity contribution in [1.82, 2.24) is 5.32 Å². The van der Waals surface area contributed by atoms with Crippen LogP contribution in [0.4, 0.5) is 4.79 Å². The number of hydrogen-bond donors (Lipinski definition) is 1. The summed E-state index contributed by atoms with van der Waals surface area (Å²) < 4.78 is 10.7. The summed E-state index contributed by atoms with van der Waals surface area (Å²) in [7, 11) is -1.89. The Morgan fingerprint density at radius 3 is 2.04 bits per heavy atom. The normalized spacial score (nSPS) is 14.5. The third-order valence-corrected chi connectivity index (χ3v) is 9.64. The molecule has 1 unspecified atom stereocenters. The fraction of sp³-hybridized carbons (Fsp3) is 0.765. The molecule has 134 valence electrons. The van der Waals surface area contributed by atoms with Crippen molar-refractivity contribution in [3.63, 3.8) is 0 Å². The average molecular weight is 344 g/mol. The van der Waals surface area contributed by atoms with Gasteiger partial charge in [0.25, 0.3) is 0 Å². The van der Waals surface area contributed by atoms with Gasteiger partial charge < -0.3 is 14.8 Å². The van der Waals surface area contributed by atoms with Gasteiger partial charge in [0.1, 0.15) is 25.9 Å². The molecule has 0 heterocycles. The van der Waals surface area contributed by atoms with Crippen molar-refractivity contribution in [2.75, 3.05) is 6.54 Å². The summed E-state index contributed by atoms with van der Waals surface area (Å²) in [5.41, 5.74) is -0.830. The first-order valence-corrected chi connectivity index (χ1v) is 11.1. The van der Waals surface area contributed by atoms with E-state index in [9.17, 15) is 9.59 Å². The van der Waals surface area contributed by atoms with Gasteiger partial charge in [0.05, 0.1) is 0 Å². The smallest absolute Gasteiger partial charge is 0.408 e. The van der Waals surface area contributed by atoms with E-state index in [1.54, 1.807) is 20.8 Å². The molecule has 0 spiro atoms. The molecule has 0 aliphatic carbocycles. The molecule has 0 rings (SSSR count). The Hall–Kier alpha value is -1.30. The topological polar surface area (TPSA) is 64.6 Å². The van der Waals surface area contributed by atoms with Crippen LogP contribution in [0.2, 0.25) is 18.1 Å². The Bertz CT molecular complexity index is 444. The van der Waals surface area contributed by atoms with E-state index in [-0.39, 0.29) is 17.3 Å². The number of allylic oxidation sites excluding steroid dienone is 1. The van der Waals surface area contributed by atoms with Gasteiger partial charge >= 0.3 is 12.1 Å². The van der Waals surface area contributed by atoms with E-state index in [1.807, 2.05) is 19.1 Å². The van der Waals surface area contributed by atoms with Gasteiger partial charge in [0.15, 0.2) is 0 Å². The number of carbonyl (C=O) groups excluding carboxylic acids is 2. The quantitative estimate of drug-likeness (QED) is 0.465. The second kappa shape index (κ2) is 7.99. The third-order valence-electron chi connectivity index (χ3n) is 4.05. The van der Waals surface area contributed by atoms with Gasteiger partial charge in [0.2, 0.25) is 0 Å². The van der Waals surface area contributed by atoms with Crippen molar-refractivity contribution in [2.45, 2.75) is 77.9 Å². The van der Waals surface area contributed by atoms with Crippen LogP contribution >= 0.6 is 0 Å². The van der Waals surface area contributed by atoms with Gasteiger partial charge in [-0.05, 0) is 32.7 Å². The number of hydrogen-bond acceptors (Lipinski definition) is 4. The van der Waals surface area contributed by atoms with Crippen molar-refractivity contribution in [3.05, 3.63) is 12.2 Å². The summed E-state index contributed by atoms with van der Waals surface area (Å²) in [6.07, 6.45) is 3.21. The maximum atomic E-state index is 12.1. The lowest BCUT2D eigenvalue weighted by molar-refractivity contribution is -0.143. The van der Waals surface area contributed by atoms with Gasteiger partial charge in [-0.3, -0.25) is 4.79 Å². The van der Waals surface area contributed by atoms with Crippen molar-refractivity contribution < 1.29 is 19.1 Å². The molecule has 1 amide bonds. The predicted octanol–water partition coefficient (Wildman–Crippen LogP) is 4.05. The van der Waals surface area contributed by atoms with Crippen molar-refractivity contribution in [1.29, 1.82) is 0 Å². The summed E-state index contributed by atoms with van der Waals surface area (Å²) in [6, 6.07) is 0. The summed E-state index contributed by atoms with van der Waals surface area (Å²) >= 11 is 0. The molecule has 0 saturated carbocycles. The summed E-state index contributed by atoms with van der Waals surface area (Å²) in [5, 5.41) is 2.51. The molecular formula is C17H33NO4Si. The van der Waals surface area contributed by atoms with Crippen LogP contribution in [0.1, 0.15) is 48.5 Å². The lowest BCUT2D eigenvalue weighted by atomic mass is 10.2. The molecule has 0 fully saturated rings. The van der Waals surface area contributed by atoms with E-state index < -0.39 is 25.7 Å². The number of alkyl carbamates (subject to hydrolysis) is 1. The highest BCUT2D eigenvalue weighted by atomic mass is 28.3. The van der Waals surface area contributed by atoms with Crippen LogP contribution in [0.25, 0.3) is 0 Å². The second-order valence-electron chi connectivity index (χ2n) is 8.26. The zero-order valence-electron chi connectivity index (χ0n) is 16.1. The molecule has 1 N–H and O–H groups in total. The van der Waals surface area contributed by atoms with Crippen molar-refractivity contribution in [3.8, 4) is 0 Å². The fourth-order valence-corrected chi connectivity index (χ4v) is 3.62. The Morgan fingerprint density at radius 2 is 1.65 bits per heavy atom. The van der Waals surface area contributed by atoms with Crippen LogP contribution in [0.15, 0.2) is 12.2 Å². The molecule has 23 heavy (non-hydrogen) atoms. The van der Waals surface area contributed by atoms with Crippen molar-refractivity contribution >= 4 is 20.1 Å². The van der Waals surface area contributed by atoms with E-state index in [0.717, 1.165) is 0 Å². The molecule has 1 atom stereocenters. The van der Waals surface area contributed by atoms with E-state index in [0.29, 0.717) is 0 Å². The molecule has 0 bridgehead atoms. The van der Waals surface area contributed by atoms with Crippen molar-refractivity contribution in [2.24, 2.45) is 0 Å². The van der Waals surface area contributed by atoms with Gasteiger partial charge in [0, 0.05) is 0 Å². The third kappa shape index (κ3) is 7.68. The first kappa shape index (κ1) is 21.7. The number of nitrogens with one attached hydrogen (secondary N) is 1. The molecule has 6 heteroatoms. The monoisotopic (exact) mass is 343 g/mol. The van der Waals surface area contributed by atoms with Crippen LogP contribution in [0.5, 0.6) is 0 Å². The van der Waals surface area contributed by atoms with Crippen LogP contribution in [0.3, 0.4) is 0 Å². The molecule has 0 aromatic rings. The molecule has 0 aromatic heterocycles. The van der Waals surface area contributed by atoms with Crippen LogP contribution in [-0.4, -0.2) is 38.0 Å². The van der Waals surface area contributed by atoms with E-state index in [1.165, 1.54) is 0 Å². The van der Waals surface area contributed by atoms with E-state index in [2.05, 4.69) is 39.2 Å². The zero-order chi connectivity index (χ0) is 18.5. The summed E-state index contributed by atoms with van der Waals surface area (Å²) in [6.45, 7) is 17.9. The Labute approximate surface area is 141 Å². The first-order chi connectivity index (χ1) is 10.2. The predicted molar refractivity (Wildman–Crippen MR) is 96.1 cm³/mol. The minimum atomic E-state index is -1.89. The van der Waals surface area contributed by atoms with Crippen LogP contribution in [-0.2, 0) is 14.3 Å². The van der Waals surface area contributed by atoms with Gasteiger partial charge in [-0.2, -0.15) is 0 Å². The maximum absolute atomic E-state index is 12.1. The highest BCUT2D eigenvalue weighted by molar-refractivity contribution is 6.81. The largest absolute Gasteiger partial charge is 0.461 e. The number of ether oxygens (including phenoxy) is 2. The van der Waals surface area contributed by atoms with Gasteiger partial charge in [-0.25, -0.2) is 4.79 Å². The molecule has 0 radical (unpaired) electrons. The first-order valence-electron chi connectivity index (χ1n) is 8.00. The molecule has 0 saturated heterocycles. The number of rotatable bonds is 5. The molecule has 5 nitrogen and oxygen atoms in total. The van der Waals surface area contributed by atoms with Gasteiger partial charge in [-0.15, -0.1) is 0 Å². The lowest BCUT2D eigenvalue weighted by Crippen LogP contribution is -2.51. The SMILES string of the molecule is CC=CC(OC(=O)CNC(=O)OC(C)(C)C)[Si](C)(C)C(C)(C)C. The lowest BCUT2D eigenvalue weighted by Gasteiger charge is -2.41. The summed E-state index contributed by atoms with van der Waals surface area (Å²) in [5.74, 6) is -0.455. The van der Waals surface area contributed by atoms with Crippen LogP contribution < -0.4 is 5.32 Å². The molecule has 0 aromatic carbocycles. The molecule has 0 aliphatic rings. The van der Waals surface area contributed by atoms with Gasteiger partial charge in [-0.1, -0.05) is 46.0 Å².